The van der Waals surface area contributed by atoms with Gasteiger partial charge in [0.2, 0.25) is 10.0 Å². The molecule has 2 N–H and O–H groups in total. The van der Waals surface area contributed by atoms with E-state index in [1.165, 1.54) is 37.1 Å². The molecule has 1 saturated heterocycles. The molecule has 7 heteroatoms. The maximum Gasteiger partial charge on any atom is 0.251 e. The number of hydrogen-bond acceptors (Lipinski definition) is 4. The van der Waals surface area contributed by atoms with Crippen LogP contribution in [0.2, 0.25) is 0 Å². The van der Waals surface area contributed by atoms with Gasteiger partial charge in [0, 0.05) is 24.7 Å². The number of piperidine rings is 1. The second-order valence-corrected chi connectivity index (χ2v) is 8.70. The average molecular weight is 378 g/mol. The van der Waals surface area contributed by atoms with E-state index in [1.807, 2.05) is 6.92 Å². The molecule has 1 fully saturated rings. The number of nitrogens with one attached hydrogen (secondary N) is 2. The number of sulfonamides is 1. The third-order valence-electron chi connectivity index (χ3n) is 4.44. The zero-order chi connectivity index (χ0) is 19.2. The Kier molecular flexibility index (Phi) is 7.21. The van der Waals surface area contributed by atoms with E-state index in [1.54, 1.807) is 0 Å². The highest BCUT2D eigenvalue weighted by Gasteiger charge is 2.19. The Balaban J connectivity index is 1.92. The van der Waals surface area contributed by atoms with Gasteiger partial charge in [0.1, 0.15) is 0 Å². The molecule has 2 atom stereocenters. The molecule has 1 aliphatic heterocycles. The first-order valence-corrected chi connectivity index (χ1v) is 10.4. The van der Waals surface area contributed by atoms with Gasteiger partial charge in [0.25, 0.3) is 5.91 Å². The van der Waals surface area contributed by atoms with E-state index in [2.05, 4.69) is 27.8 Å². The normalized spacial score (nSPS) is 19.5. The summed E-state index contributed by atoms with van der Waals surface area (Å²) in [7, 11) is -3.64. The number of terminal acetylenes is 1. The Morgan fingerprint density at radius 2 is 2.08 bits per heavy atom. The Morgan fingerprint density at radius 3 is 2.69 bits per heavy atom. The summed E-state index contributed by atoms with van der Waals surface area (Å²) in [5, 5.41) is 2.98. The molecule has 0 unspecified atom stereocenters. The zero-order valence-corrected chi connectivity index (χ0v) is 16.2. The van der Waals surface area contributed by atoms with Gasteiger partial charge in [-0.15, -0.1) is 6.42 Å². The minimum Gasteiger partial charge on any atom is -0.348 e. The van der Waals surface area contributed by atoms with Gasteiger partial charge in [-0.2, -0.15) is 4.72 Å². The first-order chi connectivity index (χ1) is 12.3. The van der Waals surface area contributed by atoms with Crippen LogP contribution in [-0.4, -0.2) is 51.4 Å². The van der Waals surface area contributed by atoms with Gasteiger partial charge < -0.3 is 10.2 Å². The number of nitrogens with zero attached hydrogens (tertiary/aromatic N) is 1. The van der Waals surface area contributed by atoms with Crippen molar-refractivity contribution in [3.8, 4) is 12.3 Å². The lowest BCUT2D eigenvalue weighted by Crippen LogP contribution is -2.45. The van der Waals surface area contributed by atoms with Crippen molar-refractivity contribution in [2.24, 2.45) is 5.92 Å². The number of amides is 1. The van der Waals surface area contributed by atoms with Crippen LogP contribution in [0.4, 0.5) is 0 Å². The monoisotopic (exact) mass is 377 g/mol. The van der Waals surface area contributed by atoms with Crippen molar-refractivity contribution in [1.29, 1.82) is 0 Å². The molecule has 142 valence electrons. The fourth-order valence-electron chi connectivity index (χ4n) is 3.20. The standard InChI is InChI=1S/C19H27N3O3S/c1-4-11-20-26(24,25)18-9-7-17(8-10-18)19(23)21-16(3)14-22-12-5-6-15(2)13-22/h1,7-10,15-16,20H,5-6,11-14H2,2-3H3,(H,21,23)/t15-,16+/m0/s1. The lowest BCUT2D eigenvalue weighted by atomic mass is 10.00. The molecule has 2 rings (SSSR count). The molecular formula is C19H27N3O3S. The summed E-state index contributed by atoms with van der Waals surface area (Å²) in [6.07, 6.45) is 7.53. The van der Waals surface area contributed by atoms with Gasteiger partial charge in [0.15, 0.2) is 0 Å². The van der Waals surface area contributed by atoms with Crippen LogP contribution in [0.15, 0.2) is 29.2 Å². The van der Waals surface area contributed by atoms with E-state index < -0.39 is 10.0 Å². The fourth-order valence-corrected chi connectivity index (χ4v) is 4.13. The highest BCUT2D eigenvalue weighted by atomic mass is 32.2. The molecule has 6 nitrogen and oxygen atoms in total. The fraction of sp³-hybridized carbons (Fsp3) is 0.526. The molecule has 1 aromatic carbocycles. The van der Waals surface area contributed by atoms with Gasteiger partial charge in [-0.1, -0.05) is 12.8 Å². The summed E-state index contributed by atoms with van der Waals surface area (Å²) in [4.78, 5) is 14.8. The van der Waals surface area contributed by atoms with Crippen molar-refractivity contribution in [1.82, 2.24) is 14.9 Å². The van der Waals surface area contributed by atoms with Crippen molar-refractivity contribution in [3.63, 3.8) is 0 Å². The van der Waals surface area contributed by atoms with Gasteiger partial charge in [-0.25, -0.2) is 8.42 Å². The second-order valence-electron chi connectivity index (χ2n) is 6.93. The summed E-state index contributed by atoms with van der Waals surface area (Å²) >= 11 is 0. The third-order valence-corrected chi connectivity index (χ3v) is 5.86. The predicted molar refractivity (Wildman–Crippen MR) is 102 cm³/mol. The molecule has 0 spiro atoms. The van der Waals surface area contributed by atoms with Crippen molar-refractivity contribution in [2.75, 3.05) is 26.2 Å². The van der Waals surface area contributed by atoms with Crippen LogP contribution in [0.1, 0.15) is 37.0 Å². The average Bonchev–Trinajstić information content (AvgIpc) is 2.60. The molecule has 0 aromatic heterocycles. The summed E-state index contributed by atoms with van der Waals surface area (Å²) in [6, 6.07) is 5.86. The summed E-state index contributed by atoms with van der Waals surface area (Å²) in [6.45, 7) is 7.12. The van der Waals surface area contributed by atoms with E-state index in [0.29, 0.717) is 11.5 Å². The van der Waals surface area contributed by atoms with Gasteiger partial charge in [0.05, 0.1) is 11.4 Å². The van der Waals surface area contributed by atoms with Crippen LogP contribution in [0.25, 0.3) is 0 Å². The quantitative estimate of drug-likeness (QED) is 0.705. The van der Waals surface area contributed by atoms with E-state index in [0.717, 1.165) is 19.6 Å². The SMILES string of the molecule is C#CCNS(=O)(=O)c1ccc(C(=O)N[C@H](C)CN2CCC[C@H](C)C2)cc1. The number of benzene rings is 1. The Labute approximate surface area is 156 Å². The summed E-state index contributed by atoms with van der Waals surface area (Å²) < 4.78 is 26.3. The predicted octanol–water partition coefficient (Wildman–Crippen LogP) is 1.45. The van der Waals surface area contributed by atoms with Crippen molar-refractivity contribution < 1.29 is 13.2 Å². The zero-order valence-electron chi connectivity index (χ0n) is 15.4. The second kappa shape index (κ2) is 9.17. The largest absolute Gasteiger partial charge is 0.348 e. The molecule has 1 aromatic rings. The molecule has 26 heavy (non-hydrogen) atoms. The van der Waals surface area contributed by atoms with E-state index in [9.17, 15) is 13.2 Å². The molecule has 0 aliphatic carbocycles. The summed E-state index contributed by atoms with van der Waals surface area (Å²) in [5.74, 6) is 2.72. The van der Waals surface area contributed by atoms with E-state index >= 15 is 0 Å². The van der Waals surface area contributed by atoms with Crippen molar-refractivity contribution in [3.05, 3.63) is 29.8 Å². The van der Waals surface area contributed by atoms with Crippen LogP contribution in [0.5, 0.6) is 0 Å². The molecule has 0 radical (unpaired) electrons. The molecular weight excluding hydrogens is 350 g/mol. The van der Waals surface area contributed by atoms with Gasteiger partial charge in [-0.05, 0) is 56.5 Å². The van der Waals surface area contributed by atoms with Gasteiger partial charge >= 0.3 is 0 Å². The maximum atomic E-state index is 12.4. The van der Waals surface area contributed by atoms with Crippen LogP contribution in [0.3, 0.4) is 0 Å². The smallest absolute Gasteiger partial charge is 0.251 e. The Morgan fingerprint density at radius 1 is 1.38 bits per heavy atom. The minimum absolute atomic E-state index is 0.0218. The van der Waals surface area contributed by atoms with Crippen LogP contribution in [0, 0.1) is 18.3 Å². The van der Waals surface area contributed by atoms with Crippen molar-refractivity contribution in [2.45, 2.75) is 37.6 Å². The minimum atomic E-state index is -3.64. The molecule has 1 aliphatic rings. The topological polar surface area (TPSA) is 78.5 Å². The third kappa shape index (κ3) is 5.84. The van der Waals surface area contributed by atoms with Gasteiger partial charge in [-0.3, -0.25) is 4.79 Å². The Bertz CT molecular complexity index is 753. The molecule has 0 bridgehead atoms. The number of hydrogen-bond donors (Lipinski definition) is 2. The van der Waals surface area contributed by atoms with E-state index in [4.69, 9.17) is 6.42 Å². The van der Waals surface area contributed by atoms with Crippen LogP contribution in [-0.2, 0) is 10.0 Å². The van der Waals surface area contributed by atoms with Crippen molar-refractivity contribution >= 4 is 15.9 Å². The molecule has 1 heterocycles. The van der Waals surface area contributed by atoms with E-state index in [-0.39, 0.29) is 23.4 Å². The van der Waals surface area contributed by atoms with Crippen LogP contribution >= 0.6 is 0 Å². The highest BCUT2D eigenvalue weighted by Crippen LogP contribution is 2.15. The molecule has 0 saturated carbocycles. The number of rotatable bonds is 7. The first-order valence-electron chi connectivity index (χ1n) is 8.88. The highest BCUT2D eigenvalue weighted by molar-refractivity contribution is 7.89. The Hall–Kier alpha value is -1.88. The lowest BCUT2D eigenvalue weighted by Gasteiger charge is -2.32. The number of likely N-dealkylation sites (tertiary alicyclic amines) is 1. The lowest BCUT2D eigenvalue weighted by molar-refractivity contribution is 0.0920. The number of carbonyl (C=O) groups excluding carboxylic acids is 1. The summed E-state index contributed by atoms with van der Waals surface area (Å²) in [5.41, 5.74) is 0.430. The van der Waals surface area contributed by atoms with Crippen LogP contribution < -0.4 is 10.0 Å². The first kappa shape index (κ1) is 20.4. The molecule has 1 amide bonds. The maximum absolute atomic E-state index is 12.4. The number of carbonyl (C=O) groups is 1.